The monoisotopic (exact) mass is 300 g/mol. The summed E-state index contributed by atoms with van der Waals surface area (Å²) >= 11 is 0. The summed E-state index contributed by atoms with van der Waals surface area (Å²) in [7, 11) is 0. The van der Waals surface area contributed by atoms with Crippen LogP contribution in [0.1, 0.15) is 52.0 Å². The molecule has 1 aromatic heterocycles. The Morgan fingerprint density at radius 2 is 1.91 bits per heavy atom. The van der Waals surface area contributed by atoms with Crippen LogP contribution in [0, 0.1) is 0 Å². The molecular formula is C18H24N2O2. The maximum atomic E-state index is 12.5. The Morgan fingerprint density at radius 3 is 2.64 bits per heavy atom. The Balaban J connectivity index is 2.31. The van der Waals surface area contributed by atoms with Crippen molar-refractivity contribution in [1.82, 2.24) is 9.13 Å². The number of aryl methyl sites for hydroxylation is 2. The molecular weight excluding hydrogens is 276 g/mol. The minimum atomic E-state index is -0.375. The van der Waals surface area contributed by atoms with Crippen molar-refractivity contribution in [3.05, 3.63) is 44.5 Å². The number of nitrogens with zero attached hydrogens (tertiary/aromatic N) is 2. The van der Waals surface area contributed by atoms with E-state index in [1.165, 1.54) is 5.56 Å². The smallest absolute Gasteiger partial charge is 0.302 e. The molecule has 2 heterocycles. The van der Waals surface area contributed by atoms with E-state index in [1.54, 1.807) is 9.13 Å². The second kappa shape index (κ2) is 5.41. The van der Waals surface area contributed by atoms with E-state index in [0.29, 0.717) is 13.1 Å². The lowest BCUT2D eigenvalue weighted by Gasteiger charge is -2.33. The highest BCUT2D eigenvalue weighted by Crippen LogP contribution is 2.36. The summed E-state index contributed by atoms with van der Waals surface area (Å²) in [4.78, 5) is 25.0. The van der Waals surface area contributed by atoms with E-state index in [0.717, 1.165) is 36.7 Å². The van der Waals surface area contributed by atoms with Gasteiger partial charge in [-0.15, -0.1) is 0 Å². The van der Waals surface area contributed by atoms with Gasteiger partial charge in [-0.3, -0.25) is 9.59 Å². The van der Waals surface area contributed by atoms with Gasteiger partial charge in [-0.05, 0) is 29.9 Å². The number of unbranched alkanes of at least 4 members (excludes halogenated alkanes) is 2. The fourth-order valence-corrected chi connectivity index (χ4v) is 3.50. The molecule has 3 rings (SSSR count). The molecule has 22 heavy (non-hydrogen) atoms. The minimum Gasteiger partial charge on any atom is -0.302 e. The summed E-state index contributed by atoms with van der Waals surface area (Å²) in [6, 6.07) is 6.08. The van der Waals surface area contributed by atoms with Crippen LogP contribution in [0.25, 0.3) is 11.0 Å². The molecule has 0 amide bonds. The third-order valence-electron chi connectivity index (χ3n) is 4.92. The SMILES string of the molecule is CCCCCn1c(=O)c(=O)n2c3c(cccc31)C(C)(C)CC2. The van der Waals surface area contributed by atoms with Crippen LogP contribution in [-0.2, 0) is 18.5 Å². The van der Waals surface area contributed by atoms with Gasteiger partial charge in [-0.25, -0.2) is 0 Å². The lowest BCUT2D eigenvalue weighted by molar-refractivity contribution is 0.413. The van der Waals surface area contributed by atoms with Crippen LogP contribution in [0.4, 0.5) is 0 Å². The van der Waals surface area contributed by atoms with E-state index in [9.17, 15) is 9.59 Å². The second-order valence-electron chi connectivity index (χ2n) is 6.93. The van der Waals surface area contributed by atoms with Crippen LogP contribution in [0.5, 0.6) is 0 Å². The number of rotatable bonds is 4. The Morgan fingerprint density at radius 1 is 1.14 bits per heavy atom. The van der Waals surface area contributed by atoms with E-state index in [4.69, 9.17) is 0 Å². The first-order valence-corrected chi connectivity index (χ1v) is 8.24. The molecule has 1 aliphatic heterocycles. The van der Waals surface area contributed by atoms with Crippen molar-refractivity contribution in [1.29, 1.82) is 0 Å². The Hall–Kier alpha value is -1.84. The van der Waals surface area contributed by atoms with Crippen molar-refractivity contribution in [3.8, 4) is 0 Å². The van der Waals surface area contributed by atoms with Crippen molar-refractivity contribution in [3.63, 3.8) is 0 Å². The van der Waals surface area contributed by atoms with E-state index in [1.807, 2.05) is 12.1 Å². The highest BCUT2D eigenvalue weighted by Gasteiger charge is 2.30. The lowest BCUT2D eigenvalue weighted by atomic mass is 9.78. The predicted octanol–water partition coefficient (Wildman–Crippen LogP) is 3.03. The van der Waals surface area contributed by atoms with Gasteiger partial charge in [0.15, 0.2) is 0 Å². The first-order chi connectivity index (χ1) is 10.5. The van der Waals surface area contributed by atoms with Gasteiger partial charge < -0.3 is 9.13 Å². The van der Waals surface area contributed by atoms with Gasteiger partial charge in [0.05, 0.1) is 11.0 Å². The second-order valence-corrected chi connectivity index (χ2v) is 6.93. The molecule has 4 heteroatoms. The summed E-state index contributed by atoms with van der Waals surface area (Å²) in [5, 5.41) is 0. The van der Waals surface area contributed by atoms with Crippen molar-refractivity contribution in [2.75, 3.05) is 0 Å². The molecule has 0 N–H and O–H groups in total. The molecule has 0 radical (unpaired) electrons. The molecule has 1 aliphatic rings. The van der Waals surface area contributed by atoms with Gasteiger partial charge in [0, 0.05) is 13.1 Å². The highest BCUT2D eigenvalue weighted by molar-refractivity contribution is 5.80. The molecule has 0 bridgehead atoms. The van der Waals surface area contributed by atoms with E-state index >= 15 is 0 Å². The molecule has 0 unspecified atom stereocenters. The quantitative estimate of drug-likeness (QED) is 0.643. The van der Waals surface area contributed by atoms with Gasteiger partial charge in [-0.2, -0.15) is 0 Å². The fourth-order valence-electron chi connectivity index (χ4n) is 3.50. The maximum absolute atomic E-state index is 12.5. The van der Waals surface area contributed by atoms with Crippen molar-refractivity contribution < 1.29 is 0 Å². The van der Waals surface area contributed by atoms with Crippen LogP contribution in [0.3, 0.4) is 0 Å². The summed E-state index contributed by atoms with van der Waals surface area (Å²) in [6.07, 6.45) is 3.99. The zero-order valence-electron chi connectivity index (χ0n) is 13.7. The highest BCUT2D eigenvalue weighted by atomic mass is 16.2. The number of hydrogen-bond acceptors (Lipinski definition) is 2. The normalized spacial score (nSPS) is 16.1. The van der Waals surface area contributed by atoms with Gasteiger partial charge >= 0.3 is 11.1 Å². The van der Waals surface area contributed by atoms with Crippen LogP contribution in [-0.4, -0.2) is 9.13 Å². The zero-order chi connectivity index (χ0) is 15.9. The molecule has 0 saturated carbocycles. The average Bonchev–Trinajstić information content (AvgIpc) is 2.49. The third-order valence-corrected chi connectivity index (χ3v) is 4.92. The topological polar surface area (TPSA) is 44.0 Å². The summed E-state index contributed by atoms with van der Waals surface area (Å²) in [5.41, 5.74) is 2.34. The third kappa shape index (κ3) is 2.21. The first kappa shape index (κ1) is 15.1. The number of para-hydroxylation sites is 1. The van der Waals surface area contributed by atoms with Gasteiger partial charge in [0.1, 0.15) is 0 Å². The summed E-state index contributed by atoms with van der Waals surface area (Å²) in [5.74, 6) is 0. The number of aromatic nitrogens is 2. The minimum absolute atomic E-state index is 0.0393. The average molecular weight is 300 g/mol. The van der Waals surface area contributed by atoms with Gasteiger partial charge in [0.25, 0.3) is 0 Å². The van der Waals surface area contributed by atoms with Crippen LogP contribution >= 0.6 is 0 Å². The molecule has 2 aromatic rings. The largest absolute Gasteiger partial charge is 0.316 e. The molecule has 0 aliphatic carbocycles. The van der Waals surface area contributed by atoms with Crippen molar-refractivity contribution >= 4 is 11.0 Å². The van der Waals surface area contributed by atoms with Gasteiger partial charge in [0.2, 0.25) is 0 Å². The Kier molecular flexibility index (Phi) is 3.71. The molecule has 0 atom stereocenters. The standard InChI is InChI=1S/C18H24N2O2/c1-4-5-6-11-19-14-9-7-8-13-15(14)20(17(22)16(19)21)12-10-18(13,2)3/h7-9H,4-6,10-12H2,1-3H3. The summed E-state index contributed by atoms with van der Waals surface area (Å²) < 4.78 is 3.38. The zero-order valence-corrected chi connectivity index (χ0v) is 13.7. The molecule has 0 saturated heterocycles. The molecule has 118 valence electrons. The van der Waals surface area contributed by atoms with Gasteiger partial charge in [-0.1, -0.05) is 45.7 Å². The molecule has 0 spiro atoms. The van der Waals surface area contributed by atoms with Crippen LogP contribution < -0.4 is 11.1 Å². The van der Waals surface area contributed by atoms with E-state index in [2.05, 4.69) is 26.8 Å². The summed E-state index contributed by atoms with van der Waals surface area (Å²) in [6.45, 7) is 7.82. The van der Waals surface area contributed by atoms with Crippen molar-refractivity contribution in [2.24, 2.45) is 0 Å². The van der Waals surface area contributed by atoms with Crippen LogP contribution in [0.2, 0.25) is 0 Å². The number of hydrogen-bond donors (Lipinski definition) is 0. The Labute approximate surface area is 130 Å². The molecule has 0 fully saturated rings. The maximum Gasteiger partial charge on any atom is 0.316 e. The predicted molar refractivity (Wildman–Crippen MR) is 89.6 cm³/mol. The first-order valence-electron chi connectivity index (χ1n) is 8.24. The molecule has 1 aromatic carbocycles. The fraction of sp³-hybridized carbons (Fsp3) is 0.556. The Bertz CT molecular complexity index is 827. The lowest BCUT2D eigenvalue weighted by Crippen LogP contribution is -2.44. The van der Waals surface area contributed by atoms with E-state index in [-0.39, 0.29) is 16.5 Å². The van der Waals surface area contributed by atoms with Crippen molar-refractivity contribution in [2.45, 2.75) is 65.0 Å². The molecule has 4 nitrogen and oxygen atoms in total. The van der Waals surface area contributed by atoms with Crippen LogP contribution in [0.15, 0.2) is 27.8 Å². The van der Waals surface area contributed by atoms with E-state index < -0.39 is 0 Å². The number of benzene rings is 1.